The smallest absolute Gasteiger partial charge is 0.274 e. The highest BCUT2D eigenvalue weighted by Gasteiger charge is 2.63. The summed E-state index contributed by atoms with van der Waals surface area (Å²) in [5.41, 5.74) is 2.11. The van der Waals surface area contributed by atoms with E-state index < -0.39 is 0 Å². The van der Waals surface area contributed by atoms with E-state index in [4.69, 9.17) is 14.2 Å². The number of nitrogens with one attached hydrogen (secondary N) is 2. The van der Waals surface area contributed by atoms with Crippen molar-refractivity contribution in [1.29, 1.82) is 0 Å². The summed E-state index contributed by atoms with van der Waals surface area (Å²) in [5, 5.41) is 10.3. The molecule has 1 spiro atoms. The van der Waals surface area contributed by atoms with Crippen molar-refractivity contribution >= 4 is 11.8 Å². The predicted octanol–water partition coefficient (Wildman–Crippen LogP) is 0.255. The highest BCUT2D eigenvalue weighted by atomic mass is 16.5. The fourth-order valence-electron chi connectivity index (χ4n) is 5.57. The van der Waals surface area contributed by atoms with E-state index in [1.54, 1.807) is 7.11 Å². The Balaban J connectivity index is 1.27. The van der Waals surface area contributed by atoms with E-state index >= 15 is 0 Å². The fourth-order valence-corrected chi connectivity index (χ4v) is 5.57. The van der Waals surface area contributed by atoms with Gasteiger partial charge in [0, 0.05) is 56.1 Å². The molecule has 29 heavy (non-hydrogen) atoms. The molecule has 2 N–H and O–H groups in total. The zero-order valence-corrected chi connectivity index (χ0v) is 16.7. The van der Waals surface area contributed by atoms with Crippen LogP contribution in [0.5, 0.6) is 0 Å². The number of ether oxygens (including phenoxy) is 3. The number of rotatable bonds is 6. The van der Waals surface area contributed by atoms with Gasteiger partial charge in [0.1, 0.15) is 0 Å². The maximum Gasteiger partial charge on any atom is 0.274 e. The molecule has 0 aliphatic carbocycles. The Kier molecular flexibility index (Phi) is 4.84. The molecule has 1 aromatic rings. The van der Waals surface area contributed by atoms with Crippen LogP contribution in [0, 0.1) is 11.8 Å². The topological polar surface area (TPSA) is 106 Å². The molecule has 0 radical (unpaired) electrons. The summed E-state index contributed by atoms with van der Waals surface area (Å²) in [5.74, 6) is 0.438. The van der Waals surface area contributed by atoms with Gasteiger partial charge in [-0.05, 0) is 12.8 Å². The molecule has 0 unspecified atom stereocenters. The highest BCUT2D eigenvalue weighted by molar-refractivity contribution is 5.94. The van der Waals surface area contributed by atoms with Crippen LogP contribution < -0.4 is 5.32 Å². The maximum atomic E-state index is 13.2. The second-order valence-electron chi connectivity index (χ2n) is 8.59. The minimum atomic E-state index is -0.269. The van der Waals surface area contributed by atoms with Gasteiger partial charge in [-0.1, -0.05) is 0 Å². The first-order chi connectivity index (χ1) is 14.1. The molecule has 9 nitrogen and oxygen atoms in total. The number of H-pyrrole nitrogens is 1. The largest absolute Gasteiger partial charge is 0.384 e. The highest BCUT2D eigenvalue weighted by Crippen LogP contribution is 2.54. The summed E-state index contributed by atoms with van der Waals surface area (Å²) >= 11 is 0. The van der Waals surface area contributed by atoms with E-state index in [0.717, 1.165) is 30.5 Å². The molecule has 0 saturated carbocycles. The van der Waals surface area contributed by atoms with Gasteiger partial charge in [-0.2, -0.15) is 5.10 Å². The van der Waals surface area contributed by atoms with Crippen LogP contribution >= 0.6 is 0 Å². The number of hydrogen-bond acceptors (Lipinski definition) is 6. The number of fused-ring (bicyclic) bond motifs is 2. The van der Waals surface area contributed by atoms with Gasteiger partial charge >= 0.3 is 0 Å². The molecule has 4 aliphatic rings. The quantitative estimate of drug-likeness (QED) is 0.704. The molecule has 5 heterocycles. The molecule has 3 fully saturated rings. The van der Waals surface area contributed by atoms with Crippen molar-refractivity contribution in [2.24, 2.45) is 11.8 Å². The molecule has 4 atom stereocenters. The van der Waals surface area contributed by atoms with E-state index in [0.29, 0.717) is 51.6 Å². The summed E-state index contributed by atoms with van der Waals surface area (Å²) in [7, 11) is 1.59. The summed E-state index contributed by atoms with van der Waals surface area (Å²) in [6.45, 7) is 3.35. The second kappa shape index (κ2) is 7.37. The third-order valence-electron chi connectivity index (χ3n) is 7.04. The molecule has 1 aromatic heterocycles. The van der Waals surface area contributed by atoms with Gasteiger partial charge in [0.2, 0.25) is 5.91 Å². The number of carbonyl (C=O) groups excluding carboxylic acids is 2. The van der Waals surface area contributed by atoms with Gasteiger partial charge in [-0.25, -0.2) is 0 Å². The number of methoxy groups -OCH3 is 1. The van der Waals surface area contributed by atoms with E-state index in [2.05, 4.69) is 15.5 Å². The minimum Gasteiger partial charge on any atom is -0.384 e. The minimum absolute atomic E-state index is 0.00208. The number of amides is 2. The molecule has 9 heteroatoms. The number of aromatic amines is 1. The molecular formula is C20H28N4O5. The van der Waals surface area contributed by atoms with Crippen molar-refractivity contribution in [1.82, 2.24) is 20.4 Å². The van der Waals surface area contributed by atoms with Crippen molar-refractivity contribution in [3.63, 3.8) is 0 Å². The monoisotopic (exact) mass is 404 g/mol. The van der Waals surface area contributed by atoms with Crippen LogP contribution in [0.4, 0.5) is 0 Å². The number of nitrogens with zero attached hydrogens (tertiary/aromatic N) is 2. The van der Waals surface area contributed by atoms with Crippen LogP contribution in [0.15, 0.2) is 0 Å². The maximum absolute atomic E-state index is 13.2. The number of carbonyl (C=O) groups is 2. The number of hydrogen-bond donors (Lipinski definition) is 2. The first-order valence-corrected chi connectivity index (χ1v) is 10.5. The Morgan fingerprint density at radius 3 is 3.21 bits per heavy atom. The lowest BCUT2D eigenvalue weighted by atomic mass is 9.73. The Morgan fingerprint density at radius 1 is 1.45 bits per heavy atom. The van der Waals surface area contributed by atoms with Crippen LogP contribution in [0.1, 0.15) is 41.0 Å². The lowest BCUT2D eigenvalue weighted by molar-refractivity contribution is -0.122. The zero-order valence-electron chi connectivity index (χ0n) is 16.7. The van der Waals surface area contributed by atoms with Crippen LogP contribution in [-0.4, -0.2) is 78.6 Å². The average molecular weight is 404 g/mol. The van der Waals surface area contributed by atoms with Crippen molar-refractivity contribution in [3.8, 4) is 0 Å². The number of likely N-dealkylation sites (tertiary alicyclic amines) is 1. The van der Waals surface area contributed by atoms with Gasteiger partial charge in [0.05, 0.1) is 38.1 Å². The zero-order chi connectivity index (χ0) is 20.0. The Morgan fingerprint density at radius 2 is 2.34 bits per heavy atom. The Labute approximate surface area is 169 Å². The van der Waals surface area contributed by atoms with Crippen molar-refractivity contribution < 1.29 is 23.8 Å². The average Bonchev–Trinajstić information content (AvgIpc) is 3.48. The Hall–Kier alpha value is -1.97. The standard InChI is InChI=1S/C20H28N4O5/c1-27-6-4-17(25)21-8-12-14-9-24(11-20(14)5-2-16(12)29-20)19(26)18-13-10-28-7-3-15(13)22-23-18/h12,14,16H,2-11H2,1H3,(H,21,25)(H,22,23)/t12-,14+,16+,20+/m0/s1. The first kappa shape index (κ1) is 19.0. The normalized spacial score (nSPS) is 32.3. The predicted molar refractivity (Wildman–Crippen MR) is 101 cm³/mol. The summed E-state index contributed by atoms with van der Waals surface area (Å²) in [6.07, 6.45) is 3.26. The van der Waals surface area contributed by atoms with E-state index in [9.17, 15) is 9.59 Å². The van der Waals surface area contributed by atoms with E-state index in [-0.39, 0.29) is 35.4 Å². The van der Waals surface area contributed by atoms with Crippen molar-refractivity contribution in [3.05, 3.63) is 17.0 Å². The summed E-state index contributed by atoms with van der Waals surface area (Å²) < 4.78 is 16.9. The van der Waals surface area contributed by atoms with Gasteiger partial charge in [-0.15, -0.1) is 0 Å². The van der Waals surface area contributed by atoms with Crippen LogP contribution in [0.25, 0.3) is 0 Å². The van der Waals surface area contributed by atoms with Crippen LogP contribution in [0.2, 0.25) is 0 Å². The van der Waals surface area contributed by atoms with E-state index in [1.165, 1.54) is 0 Å². The summed E-state index contributed by atoms with van der Waals surface area (Å²) in [6, 6.07) is 0. The molecular weight excluding hydrogens is 376 g/mol. The van der Waals surface area contributed by atoms with Crippen LogP contribution in [-0.2, 0) is 32.0 Å². The first-order valence-electron chi connectivity index (χ1n) is 10.5. The van der Waals surface area contributed by atoms with Gasteiger partial charge in [-0.3, -0.25) is 14.7 Å². The molecule has 158 valence electrons. The molecule has 0 aromatic carbocycles. The fraction of sp³-hybridized carbons (Fsp3) is 0.750. The molecule has 2 amide bonds. The number of aromatic nitrogens is 2. The second-order valence-corrected chi connectivity index (χ2v) is 8.59. The third kappa shape index (κ3) is 3.15. The molecule has 3 saturated heterocycles. The lowest BCUT2D eigenvalue weighted by Crippen LogP contribution is -2.42. The lowest BCUT2D eigenvalue weighted by Gasteiger charge is -2.29. The van der Waals surface area contributed by atoms with Crippen molar-refractivity contribution in [2.45, 2.75) is 44.0 Å². The van der Waals surface area contributed by atoms with Crippen LogP contribution in [0.3, 0.4) is 0 Å². The van der Waals surface area contributed by atoms with Gasteiger partial charge in [0.15, 0.2) is 5.69 Å². The molecule has 4 aliphatic heterocycles. The third-order valence-corrected chi connectivity index (χ3v) is 7.04. The van der Waals surface area contributed by atoms with E-state index in [1.807, 2.05) is 4.90 Å². The Bertz CT molecular complexity index is 811. The van der Waals surface area contributed by atoms with Crippen molar-refractivity contribution in [2.75, 3.05) is 40.0 Å². The van der Waals surface area contributed by atoms with Gasteiger partial charge in [0.25, 0.3) is 5.91 Å². The SMILES string of the molecule is COCCC(=O)NC[C@H]1[C@H]2CN(C(=O)c3n[nH]c4c3COCC4)C[C@]23CC[C@H]1O3. The van der Waals surface area contributed by atoms with Gasteiger partial charge < -0.3 is 24.4 Å². The summed E-state index contributed by atoms with van der Waals surface area (Å²) in [4.78, 5) is 27.1. The molecule has 2 bridgehead atoms. The molecule has 5 rings (SSSR count).